The van der Waals surface area contributed by atoms with Gasteiger partial charge in [-0.3, -0.25) is 0 Å². The van der Waals surface area contributed by atoms with E-state index < -0.39 is 11.6 Å². The SMILES string of the molecule is C/C=C(/F)C1=C(/C(=C(\C)CC)c2c3c(c4cnc(N5CC(C)C(OC)C5)nc4c2F)COC3)C(C#N)=C(N)CS1.CCCC(C)C. The Morgan fingerprint density at radius 1 is 1.28 bits per heavy atom. The molecule has 2 aromatic rings. The number of anilines is 1. The zero-order valence-corrected chi connectivity index (χ0v) is 29.2. The fourth-order valence-corrected chi connectivity index (χ4v) is 7.33. The zero-order valence-electron chi connectivity index (χ0n) is 28.4. The van der Waals surface area contributed by atoms with Gasteiger partial charge in [0, 0.05) is 60.3 Å². The Morgan fingerprint density at radius 3 is 2.57 bits per heavy atom. The predicted molar refractivity (Wildman–Crippen MR) is 184 cm³/mol. The van der Waals surface area contributed by atoms with Gasteiger partial charge >= 0.3 is 0 Å². The quantitative estimate of drug-likeness (QED) is 0.304. The maximum Gasteiger partial charge on any atom is 0.226 e. The van der Waals surface area contributed by atoms with Crippen LogP contribution < -0.4 is 10.6 Å². The van der Waals surface area contributed by atoms with Gasteiger partial charge in [-0.05, 0) is 42.9 Å². The fraction of sp³-hybridized carbons (Fsp3) is 0.528. The van der Waals surface area contributed by atoms with Crippen molar-refractivity contribution in [3.63, 3.8) is 0 Å². The summed E-state index contributed by atoms with van der Waals surface area (Å²) in [7, 11) is 1.69. The van der Waals surface area contributed by atoms with Crippen LogP contribution in [0.25, 0.3) is 16.5 Å². The van der Waals surface area contributed by atoms with Crippen molar-refractivity contribution >= 4 is 34.2 Å². The second-order valence-electron chi connectivity index (χ2n) is 12.6. The first-order valence-corrected chi connectivity index (χ1v) is 17.1. The lowest BCUT2D eigenvalue weighted by atomic mass is 9.83. The van der Waals surface area contributed by atoms with Crippen LogP contribution in [0.4, 0.5) is 14.7 Å². The highest BCUT2D eigenvalue weighted by Crippen LogP contribution is 2.48. The van der Waals surface area contributed by atoms with E-state index in [1.165, 1.54) is 30.7 Å². The first-order valence-electron chi connectivity index (χ1n) is 16.2. The summed E-state index contributed by atoms with van der Waals surface area (Å²) in [5.41, 5.74) is 10.3. The summed E-state index contributed by atoms with van der Waals surface area (Å²) < 4.78 is 43.7. The standard InChI is InChI=1S/C30H33F2N5O2S.C6H14/c1-6-15(3)24(26-17(8-33)22(34)14-40-29(26)21(31)7-2)25-20-13-39-12-19(20)18-9-35-30(36-28(18)27(25)32)37-10-16(4)23(11-37)38-5;1-4-5-6(2)3/h7,9,16,23H,6,10-14,34H2,1-5H3;6H,4-5H2,1-3H3/b21-7+,24-15+;. The number of halogens is 2. The van der Waals surface area contributed by atoms with Gasteiger partial charge in [0.1, 0.15) is 17.4 Å². The van der Waals surface area contributed by atoms with Crippen molar-refractivity contribution < 1.29 is 18.3 Å². The predicted octanol–water partition coefficient (Wildman–Crippen LogP) is 8.51. The van der Waals surface area contributed by atoms with Gasteiger partial charge in [-0.2, -0.15) is 5.26 Å². The van der Waals surface area contributed by atoms with Crippen LogP contribution in [-0.4, -0.2) is 42.0 Å². The maximum atomic E-state index is 17.0. The van der Waals surface area contributed by atoms with Gasteiger partial charge in [0.15, 0.2) is 5.82 Å². The highest BCUT2D eigenvalue weighted by molar-refractivity contribution is 8.03. The summed E-state index contributed by atoms with van der Waals surface area (Å²) in [6.07, 6.45) is 6.31. The Kier molecular flexibility index (Phi) is 12.0. The number of hydrogen-bond donors (Lipinski definition) is 1. The topological polar surface area (TPSA) is 97.3 Å². The molecule has 1 saturated heterocycles. The molecule has 2 atom stereocenters. The average molecular weight is 652 g/mol. The number of ether oxygens (including phenoxy) is 2. The molecule has 10 heteroatoms. The molecule has 1 aromatic heterocycles. The van der Waals surface area contributed by atoms with Crippen LogP contribution in [0.2, 0.25) is 0 Å². The molecule has 1 fully saturated rings. The van der Waals surface area contributed by atoms with Crippen molar-refractivity contribution in [3.05, 3.63) is 67.9 Å². The van der Waals surface area contributed by atoms with Crippen molar-refractivity contribution in [2.24, 2.45) is 17.6 Å². The number of aromatic nitrogens is 2. The number of allylic oxidation sites excluding steroid dienone is 6. The third kappa shape index (κ3) is 7.02. The van der Waals surface area contributed by atoms with Crippen molar-refractivity contribution in [1.82, 2.24) is 9.97 Å². The number of nitrogens with two attached hydrogens (primary N) is 1. The second kappa shape index (κ2) is 15.6. The van der Waals surface area contributed by atoms with Gasteiger partial charge in [-0.25, -0.2) is 18.7 Å². The van der Waals surface area contributed by atoms with E-state index in [0.717, 1.165) is 17.1 Å². The van der Waals surface area contributed by atoms with Gasteiger partial charge in [-0.1, -0.05) is 59.1 Å². The molecule has 0 aliphatic carbocycles. The Hall–Kier alpha value is -3.26. The number of methoxy groups -OCH3 is 1. The van der Waals surface area contributed by atoms with Gasteiger partial charge in [-0.15, -0.1) is 11.8 Å². The number of fused-ring (bicyclic) bond motifs is 3. The number of nitriles is 1. The third-order valence-electron chi connectivity index (χ3n) is 8.89. The minimum absolute atomic E-state index is 0.0344. The molecule has 0 amide bonds. The normalized spacial score (nSPS) is 20.7. The Morgan fingerprint density at radius 2 is 2.00 bits per heavy atom. The molecule has 1 aromatic carbocycles. The molecule has 3 aliphatic rings. The summed E-state index contributed by atoms with van der Waals surface area (Å²) in [4.78, 5) is 11.6. The first kappa shape index (κ1) is 35.6. The summed E-state index contributed by atoms with van der Waals surface area (Å²) in [6, 6.07) is 2.18. The first-order chi connectivity index (χ1) is 22.0. The number of nitrogens with zero attached hydrogens (tertiary/aromatic N) is 4. The van der Waals surface area contributed by atoms with Gasteiger partial charge in [0.25, 0.3) is 0 Å². The van der Waals surface area contributed by atoms with Gasteiger partial charge < -0.3 is 20.1 Å². The molecule has 3 aliphatic heterocycles. The molecule has 248 valence electrons. The highest BCUT2D eigenvalue weighted by atomic mass is 32.2. The van der Waals surface area contributed by atoms with E-state index in [-0.39, 0.29) is 52.5 Å². The van der Waals surface area contributed by atoms with Gasteiger partial charge in [0.05, 0.1) is 29.8 Å². The minimum atomic E-state index is -0.541. The highest BCUT2D eigenvalue weighted by Gasteiger charge is 2.35. The van der Waals surface area contributed by atoms with E-state index in [0.29, 0.717) is 53.3 Å². The minimum Gasteiger partial charge on any atom is -0.400 e. The number of hydrogen-bond acceptors (Lipinski definition) is 8. The van der Waals surface area contributed by atoms with Crippen molar-refractivity contribution in [2.75, 3.05) is 30.9 Å². The second-order valence-corrected chi connectivity index (χ2v) is 13.5. The monoisotopic (exact) mass is 651 g/mol. The third-order valence-corrected chi connectivity index (χ3v) is 10.0. The molecule has 0 bridgehead atoms. The maximum absolute atomic E-state index is 17.0. The summed E-state index contributed by atoms with van der Waals surface area (Å²) in [6.45, 7) is 16.0. The Balaban J connectivity index is 0.000000731. The molecular formula is C36H47F2N5O2S. The summed E-state index contributed by atoms with van der Waals surface area (Å²) >= 11 is 1.22. The van der Waals surface area contributed by atoms with E-state index in [2.05, 4.69) is 38.7 Å². The molecule has 7 nitrogen and oxygen atoms in total. The largest absolute Gasteiger partial charge is 0.400 e. The molecule has 4 heterocycles. The van der Waals surface area contributed by atoms with Crippen molar-refractivity contribution in [1.29, 1.82) is 5.26 Å². The summed E-state index contributed by atoms with van der Waals surface area (Å²) in [5, 5.41) is 10.7. The molecule has 2 N–H and O–H groups in total. The Labute approximate surface area is 276 Å². The van der Waals surface area contributed by atoms with Crippen LogP contribution in [0.5, 0.6) is 0 Å². The molecule has 0 spiro atoms. The van der Waals surface area contributed by atoms with Crippen LogP contribution in [0, 0.1) is 29.0 Å². The van der Waals surface area contributed by atoms with E-state index in [4.69, 9.17) is 20.2 Å². The smallest absolute Gasteiger partial charge is 0.226 e. The number of thioether (sulfide) groups is 1. The van der Waals surface area contributed by atoms with Crippen molar-refractivity contribution in [2.45, 2.75) is 87.0 Å². The van der Waals surface area contributed by atoms with Crippen LogP contribution in [0.3, 0.4) is 0 Å². The average Bonchev–Trinajstić information content (AvgIpc) is 3.69. The van der Waals surface area contributed by atoms with E-state index in [9.17, 15) is 5.26 Å². The molecule has 46 heavy (non-hydrogen) atoms. The lowest BCUT2D eigenvalue weighted by molar-refractivity contribution is 0.0899. The lowest BCUT2D eigenvalue weighted by Gasteiger charge is -2.26. The fourth-order valence-electron chi connectivity index (χ4n) is 6.28. The molecule has 0 radical (unpaired) electrons. The van der Waals surface area contributed by atoms with Crippen LogP contribution in [-0.2, 0) is 22.7 Å². The molecule has 5 rings (SSSR count). The van der Waals surface area contributed by atoms with E-state index >= 15 is 8.78 Å². The molecule has 2 unspecified atom stereocenters. The van der Waals surface area contributed by atoms with E-state index in [1.807, 2.05) is 18.7 Å². The van der Waals surface area contributed by atoms with Gasteiger partial charge in [0.2, 0.25) is 5.95 Å². The van der Waals surface area contributed by atoms with Crippen LogP contribution in [0.15, 0.2) is 45.4 Å². The molecule has 0 saturated carbocycles. The van der Waals surface area contributed by atoms with E-state index in [1.54, 1.807) is 20.2 Å². The summed E-state index contributed by atoms with van der Waals surface area (Å²) in [5.74, 6) is 0.856. The van der Waals surface area contributed by atoms with Crippen LogP contribution >= 0.6 is 11.8 Å². The zero-order chi connectivity index (χ0) is 33.7. The van der Waals surface area contributed by atoms with Crippen molar-refractivity contribution in [3.8, 4) is 6.07 Å². The number of benzene rings is 1. The lowest BCUT2D eigenvalue weighted by Crippen LogP contribution is -2.24. The Bertz CT molecular complexity index is 1640. The molecular weight excluding hydrogens is 604 g/mol. The number of rotatable bonds is 8. The van der Waals surface area contributed by atoms with Crippen LogP contribution in [0.1, 0.15) is 84.4 Å².